The Bertz CT molecular complexity index is 429. The molecule has 1 aliphatic carbocycles. The van der Waals surface area contributed by atoms with Crippen molar-refractivity contribution in [3.05, 3.63) is 35.4 Å². The molecule has 0 unspecified atom stereocenters. The number of nitrogens with one attached hydrogen (secondary N) is 1. The molecule has 1 aromatic carbocycles. The number of hydrogen-bond acceptors (Lipinski definition) is 2. The van der Waals surface area contributed by atoms with E-state index in [1.807, 2.05) is 0 Å². The molecule has 2 rings (SSSR count). The minimum absolute atomic E-state index is 0.204. The van der Waals surface area contributed by atoms with Crippen molar-refractivity contribution in [2.24, 2.45) is 5.92 Å². The summed E-state index contributed by atoms with van der Waals surface area (Å²) >= 11 is 0. The zero-order valence-corrected chi connectivity index (χ0v) is 14.3. The normalized spacial score (nSPS) is 16.2. The van der Waals surface area contributed by atoms with Gasteiger partial charge in [-0.2, -0.15) is 0 Å². The second-order valence-corrected chi connectivity index (χ2v) is 7.69. The van der Waals surface area contributed by atoms with Crippen LogP contribution in [0.4, 0.5) is 0 Å². The van der Waals surface area contributed by atoms with E-state index in [1.165, 1.54) is 36.9 Å². The quantitative estimate of drug-likeness (QED) is 0.820. The Morgan fingerprint density at radius 2 is 1.81 bits per heavy atom. The summed E-state index contributed by atoms with van der Waals surface area (Å²) in [6.45, 7) is 10.1. The molecule has 0 aliphatic heterocycles. The van der Waals surface area contributed by atoms with Crippen LogP contribution in [-0.2, 0) is 13.0 Å². The minimum Gasteiger partial charge on any atom is -0.312 e. The van der Waals surface area contributed by atoms with Crippen molar-refractivity contribution in [1.29, 1.82) is 0 Å². The van der Waals surface area contributed by atoms with Gasteiger partial charge < -0.3 is 10.2 Å². The van der Waals surface area contributed by atoms with Crippen molar-refractivity contribution >= 4 is 0 Å². The molecule has 21 heavy (non-hydrogen) atoms. The Hall–Kier alpha value is -0.860. The van der Waals surface area contributed by atoms with Gasteiger partial charge in [-0.05, 0) is 70.7 Å². The van der Waals surface area contributed by atoms with E-state index in [9.17, 15) is 0 Å². The van der Waals surface area contributed by atoms with Gasteiger partial charge in [0.15, 0.2) is 0 Å². The topological polar surface area (TPSA) is 15.3 Å². The van der Waals surface area contributed by atoms with E-state index in [-0.39, 0.29) is 5.54 Å². The molecule has 0 radical (unpaired) electrons. The molecule has 0 heterocycles. The molecule has 2 heteroatoms. The second-order valence-electron chi connectivity index (χ2n) is 7.69. The molecule has 1 aliphatic rings. The van der Waals surface area contributed by atoms with Crippen molar-refractivity contribution in [2.75, 3.05) is 20.1 Å². The first kappa shape index (κ1) is 16.5. The molecule has 0 amide bonds. The van der Waals surface area contributed by atoms with Crippen LogP contribution in [-0.4, -0.2) is 30.6 Å². The Morgan fingerprint density at radius 1 is 1.14 bits per heavy atom. The summed E-state index contributed by atoms with van der Waals surface area (Å²) in [5.41, 5.74) is 3.19. The molecular weight excluding hydrogens is 256 g/mol. The fourth-order valence-electron chi connectivity index (χ4n) is 3.00. The highest BCUT2D eigenvalue weighted by Crippen LogP contribution is 2.27. The molecule has 2 nitrogen and oxygen atoms in total. The van der Waals surface area contributed by atoms with Gasteiger partial charge in [0.2, 0.25) is 0 Å². The molecule has 0 bridgehead atoms. The maximum absolute atomic E-state index is 3.59. The monoisotopic (exact) mass is 288 g/mol. The highest BCUT2D eigenvalue weighted by Gasteiger charge is 2.19. The number of benzene rings is 1. The second kappa shape index (κ2) is 7.42. The summed E-state index contributed by atoms with van der Waals surface area (Å²) in [6.07, 6.45) is 5.42. The van der Waals surface area contributed by atoms with Gasteiger partial charge in [0, 0.05) is 18.6 Å². The van der Waals surface area contributed by atoms with Crippen LogP contribution in [0.15, 0.2) is 24.3 Å². The summed E-state index contributed by atoms with van der Waals surface area (Å²) in [5.74, 6) is 0.949. The van der Waals surface area contributed by atoms with E-state index in [4.69, 9.17) is 0 Å². The largest absolute Gasteiger partial charge is 0.312 e. The average molecular weight is 288 g/mol. The third kappa shape index (κ3) is 5.80. The van der Waals surface area contributed by atoms with Gasteiger partial charge in [0.1, 0.15) is 0 Å². The maximum Gasteiger partial charge on any atom is 0.0233 e. The van der Waals surface area contributed by atoms with Gasteiger partial charge in [0.05, 0.1) is 0 Å². The third-order valence-electron chi connectivity index (χ3n) is 4.40. The van der Waals surface area contributed by atoms with Crippen molar-refractivity contribution in [2.45, 2.75) is 58.5 Å². The van der Waals surface area contributed by atoms with E-state index >= 15 is 0 Å². The molecule has 0 saturated heterocycles. The lowest BCUT2D eigenvalue weighted by Crippen LogP contribution is -2.37. The van der Waals surface area contributed by atoms with Crippen LogP contribution in [0.3, 0.4) is 0 Å². The zero-order valence-electron chi connectivity index (χ0n) is 14.3. The first-order valence-electron chi connectivity index (χ1n) is 8.44. The molecule has 0 spiro atoms. The summed E-state index contributed by atoms with van der Waals surface area (Å²) in [5, 5.41) is 3.59. The molecule has 0 atom stereocenters. The van der Waals surface area contributed by atoms with E-state index < -0.39 is 0 Å². The van der Waals surface area contributed by atoms with E-state index in [1.54, 1.807) is 0 Å². The third-order valence-corrected chi connectivity index (χ3v) is 4.40. The lowest BCUT2D eigenvalue weighted by atomic mass is 9.85. The fraction of sp³-hybridized carbons (Fsp3) is 0.684. The first-order chi connectivity index (χ1) is 9.94. The van der Waals surface area contributed by atoms with Gasteiger partial charge in [-0.3, -0.25) is 0 Å². The van der Waals surface area contributed by atoms with Crippen molar-refractivity contribution < 1.29 is 0 Å². The predicted octanol–water partition coefficient (Wildman–Crippen LogP) is 3.85. The lowest BCUT2D eigenvalue weighted by Gasteiger charge is -2.30. The molecule has 118 valence electrons. The van der Waals surface area contributed by atoms with Gasteiger partial charge >= 0.3 is 0 Å². The zero-order chi connectivity index (χ0) is 15.3. The predicted molar refractivity (Wildman–Crippen MR) is 91.6 cm³/mol. The SMILES string of the molecule is CN(Cc1ccccc1CCNC(C)(C)C)CC1CCC1. The Balaban J connectivity index is 1.86. The fourth-order valence-corrected chi connectivity index (χ4v) is 3.00. The standard InChI is InChI=1S/C19H32N2/c1-19(2,3)20-13-12-17-10-5-6-11-18(17)15-21(4)14-16-8-7-9-16/h5-6,10-11,16,20H,7-9,12-15H2,1-4H3. The molecule has 1 aromatic rings. The van der Waals surface area contributed by atoms with Crippen molar-refractivity contribution in [3.8, 4) is 0 Å². The van der Waals surface area contributed by atoms with Gasteiger partial charge in [-0.25, -0.2) is 0 Å². The number of nitrogens with zero attached hydrogens (tertiary/aromatic N) is 1. The lowest BCUT2D eigenvalue weighted by molar-refractivity contribution is 0.200. The maximum atomic E-state index is 3.59. The smallest absolute Gasteiger partial charge is 0.0233 e. The average Bonchev–Trinajstić information content (AvgIpc) is 2.35. The Morgan fingerprint density at radius 3 is 2.38 bits per heavy atom. The van der Waals surface area contributed by atoms with Crippen LogP contribution >= 0.6 is 0 Å². The molecule has 0 aromatic heterocycles. The van der Waals surface area contributed by atoms with Crippen LogP contribution in [0.1, 0.15) is 51.2 Å². The molecular formula is C19H32N2. The first-order valence-corrected chi connectivity index (χ1v) is 8.44. The number of rotatable bonds is 7. The summed E-state index contributed by atoms with van der Waals surface area (Å²) in [7, 11) is 2.27. The summed E-state index contributed by atoms with van der Waals surface area (Å²) in [4.78, 5) is 2.50. The number of hydrogen-bond donors (Lipinski definition) is 1. The molecule has 1 saturated carbocycles. The van der Waals surface area contributed by atoms with Crippen LogP contribution in [0.5, 0.6) is 0 Å². The Kier molecular flexibility index (Phi) is 5.83. The van der Waals surface area contributed by atoms with Gasteiger partial charge in [-0.1, -0.05) is 30.7 Å². The Labute approximate surface area is 130 Å². The van der Waals surface area contributed by atoms with Crippen LogP contribution < -0.4 is 5.32 Å². The van der Waals surface area contributed by atoms with Crippen LogP contribution in [0, 0.1) is 5.92 Å². The van der Waals surface area contributed by atoms with E-state index in [2.05, 4.69) is 62.3 Å². The van der Waals surface area contributed by atoms with Crippen LogP contribution in [0.2, 0.25) is 0 Å². The van der Waals surface area contributed by atoms with E-state index in [0.29, 0.717) is 0 Å². The van der Waals surface area contributed by atoms with Gasteiger partial charge in [0.25, 0.3) is 0 Å². The van der Waals surface area contributed by atoms with Crippen molar-refractivity contribution in [3.63, 3.8) is 0 Å². The highest BCUT2D eigenvalue weighted by atomic mass is 15.1. The molecule has 1 N–H and O–H groups in total. The summed E-state index contributed by atoms with van der Waals surface area (Å²) < 4.78 is 0. The van der Waals surface area contributed by atoms with E-state index in [0.717, 1.165) is 25.4 Å². The highest BCUT2D eigenvalue weighted by molar-refractivity contribution is 5.27. The minimum atomic E-state index is 0.204. The molecule has 1 fully saturated rings. The van der Waals surface area contributed by atoms with Crippen molar-refractivity contribution in [1.82, 2.24) is 10.2 Å². The summed E-state index contributed by atoms with van der Waals surface area (Å²) in [6, 6.07) is 8.93. The van der Waals surface area contributed by atoms with Crippen LogP contribution in [0.25, 0.3) is 0 Å². The van der Waals surface area contributed by atoms with Gasteiger partial charge in [-0.15, -0.1) is 0 Å².